The third-order valence-electron chi connectivity index (χ3n) is 2.19. The SMILES string of the molecule is C[C@H]1CC[C@H](CNC(=O)OC(C)(C)C)O1. The van der Waals surface area contributed by atoms with Crippen LogP contribution in [-0.2, 0) is 9.47 Å². The number of hydrogen-bond acceptors (Lipinski definition) is 3. The van der Waals surface area contributed by atoms with E-state index < -0.39 is 5.60 Å². The lowest BCUT2D eigenvalue weighted by molar-refractivity contribution is 0.0368. The lowest BCUT2D eigenvalue weighted by Crippen LogP contribution is -2.36. The fourth-order valence-electron chi connectivity index (χ4n) is 1.55. The Bertz CT molecular complexity index is 222. The summed E-state index contributed by atoms with van der Waals surface area (Å²) in [5.74, 6) is 0. The Kier molecular flexibility index (Phi) is 3.97. The van der Waals surface area contributed by atoms with Crippen molar-refractivity contribution in [2.75, 3.05) is 6.54 Å². The number of carbonyl (C=O) groups is 1. The van der Waals surface area contributed by atoms with Crippen LogP contribution in [0.4, 0.5) is 4.79 Å². The van der Waals surface area contributed by atoms with Gasteiger partial charge < -0.3 is 14.8 Å². The molecule has 1 fully saturated rings. The first-order valence-electron chi connectivity index (χ1n) is 5.49. The molecule has 1 amide bonds. The van der Waals surface area contributed by atoms with Crippen molar-refractivity contribution in [3.05, 3.63) is 0 Å². The van der Waals surface area contributed by atoms with Gasteiger partial charge in [-0.05, 0) is 40.5 Å². The zero-order valence-electron chi connectivity index (χ0n) is 10.0. The van der Waals surface area contributed by atoms with Crippen molar-refractivity contribution < 1.29 is 14.3 Å². The molecule has 2 atom stereocenters. The van der Waals surface area contributed by atoms with E-state index in [9.17, 15) is 4.79 Å². The Morgan fingerprint density at radius 2 is 2.13 bits per heavy atom. The van der Waals surface area contributed by atoms with Crippen LogP contribution >= 0.6 is 0 Å². The molecule has 0 bridgehead atoms. The molecule has 0 aromatic carbocycles. The van der Waals surface area contributed by atoms with Crippen molar-refractivity contribution in [1.29, 1.82) is 0 Å². The summed E-state index contributed by atoms with van der Waals surface area (Å²) in [5.41, 5.74) is -0.437. The first-order valence-corrected chi connectivity index (χ1v) is 5.49. The second kappa shape index (κ2) is 4.84. The van der Waals surface area contributed by atoms with Crippen LogP contribution in [0.5, 0.6) is 0 Å². The molecule has 1 rings (SSSR count). The van der Waals surface area contributed by atoms with Gasteiger partial charge in [-0.15, -0.1) is 0 Å². The van der Waals surface area contributed by atoms with Crippen molar-refractivity contribution in [3.63, 3.8) is 0 Å². The highest BCUT2D eigenvalue weighted by atomic mass is 16.6. The fraction of sp³-hybridized carbons (Fsp3) is 0.909. The molecule has 0 aliphatic carbocycles. The monoisotopic (exact) mass is 215 g/mol. The summed E-state index contributed by atoms with van der Waals surface area (Å²) in [6.07, 6.45) is 2.17. The molecule has 0 spiro atoms. The quantitative estimate of drug-likeness (QED) is 0.767. The minimum absolute atomic E-state index is 0.146. The molecule has 1 N–H and O–H groups in total. The van der Waals surface area contributed by atoms with Crippen molar-refractivity contribution in [2.45, 2.75) is 58.3 Å². The minimum atomic E-state index is -0.437. The van der Waals surface area contributed by atoms with E-state index in [1.54, 1.807) is 0 Å². The number of ether oxygens (including phenoxy) is 2. The molecular weight excluding hydrogens is 194 g/mol. The highest BCUT2D eigenvalue weighted by Crippen LogP contribution is 2.18. The summed E-state index contributed by atoms with van der Waals surface area (Å²) >= 11 is 0. The van der Waals surface area contributed by atoms with E-state index in [-0.39, 0.29) is 12.2 Å². The molecule has 4 nitrogen and oxygen atoms in total. The molecule has 1 aliphatic rings. The minimum Gasteiger partial charge on any atom is -0.444 e. The maximum absolute atomic E-state index is 11.3. The first kappa shape index (κ1) is 12.3. The van der Waals surface area contributed by atoms with Crippen LogP contribution < -0.4 is 5.32 Å². The summed E-state index contributed by atoms with van der Waals surface area (Å²) in [6, 6.07) is 0. The Morgan fingerprint density at radius 3 is 2.60 bits per heavy atom. The van der Waals surface area contributed by atoms with Gasteiger partial charge in [0.15, 0.2) is 0 Å². The van der Waals surface area contributed by atoms with Gasteiger partial charge >= 0.3 is 6.09 Å². The van der Waals surface area contributed by atoms with E-state index in [0.29, 0.717) is 12.6 Å². The maximum Gasteiger partial charge on any atom is 0.407 e. The zero-order valence-corrected chi connectivity index (χ0v) is 10.0. The van der Waals surface area contributed by atoms with Crippen molar-refractivity contribution in [3.8, 4) is 0 Å². The summed E-state index contributed by atoms with van der Waals surface area (Å²) in [6.45, 7) is 8.13. The summed E-state index contributed by atoms with van der Waals surface area (Å²) < 4.78 is 10.7. The molecule has 0 unspecified atom stereocenters. The van der Waals surface area contributed by atoms with E-state index in [0.717, 1.165) is 12.8 Å². The largest absolute Gasteiger partial charge is 0.444 e. The van der Waals surface area contributed by atoms with Crippen LogP contribution in [0.3, 0.4) is 0 Å². The van der Waals surface area contributed by atoms with E-state index in [4.69, 9.17) is 9.47 Å². The molecule has 88 valence electrons. The fourth-order valence-corrected chi connectivity index (χ4v) is 1.55. The number of carbonyl (C=O) groups excluding carboxylic acids is 1. The second-order valence-corrected chi connectivity index (χ2v) is 5.03. The number of hydrogen-bond donors (Lipinski definition) is 1. The van der Waals surface area contributed by atoms with Gasteiger partial charge in [-0.3, -0.25) is 0 Å². The molecular formula is C11H21NO3. The molecule has 1 saturated heterocycles. The molecule has 4 heteroatoms. The van der Waals surface area contributed by atoms with Crippen LogP contribution in [0.2, 0.25) is 0 Å². The normalized spacial score (nSPS) is 26.4. The van der Waals surface area contributed by atoms with Crippen LogP contribution in [0.1, 0.15) is 40.5 Å². The molecule has 15 heavy (non-hydrogen) atoms. The van der Waals surface area contributed by atoms with Crippen molar-refractivity contribution in [2.24, 2.45) is 0 Å². The first-order chi connectivity index (χ1) is 6.87. The lowest BCUT2D eigenvalue weighted by Gasteiger charge is -2.20. The average Bonchev–Trinajstić information content (AvgIpc) is 2.45. The summed E-state index contributed by atoms with van der Waals surface area (Å²) in [7, 11) is 0. The summed E-state index contributed by atoms with van der Waals surface area (Å²) in [4.78, 5) is 11.3. The second-order valence-electron chi connectivity index (χ2n) is 5.03. The number of nitrogens with one attached hydrogen (secondary N) is 1. The van der Waals surface area contributed by atoms with Gasteiger partial charge in [0, 0.05) is 6.54 Å². The van der Waals surface area contributed by atoms with Gasteiger partial charge in [0.2, 0.25) is 0 Å². The Balaban J connectivity index is 2.17. The maximum atomic E-state index is 11.3. The molecule has 0 saturated carbocycles. The van der Waals surface area contributed by atoms with Gasteiger partial charge in [-0.25, -0.2) is 4.79 Å². The van der Waals surface area contributed by atoms with Gasteiger partial charge in [0.1, 0.15) is 5.60 Å². The van der Waals surface area contributed by atoms with E-state index in [1.165, 1.54) is 0 Å². The molecule has 0 radical (unpaired) electrons. The smallest absolute Gasteiger partial charge is 0.407 e. The third kappa shape index (κ3) is 5.02. The summed E-state index contributed by atoms with van der Waals surface area (Å²) in [5, 5.41) is 2.72. The highest BCUT2D eigenvalue weighted by Gasteiger charge is 2.23. The van der Waals surface area contributed by atoms with Gasteiger partial charge in [-0.1, -0.05) is 0 Å². The zero-order chi connectivity index (χ0) is 11.5. The van der Waals surface area contributed by atoms with Crippen molar-refractivity contribution >= 4 is 6.09 Å². The van der Waals surface area contributed by atoms with Crippen LogP contribution in [0.15, 0.2) is 0 Å². The van der Waals surface area contributed by atoms with Crippen molar-refractivity contribution in [1.82, 2.24) is 5.32 Å². The predicted molar refractivity (Wildman–Crippen MR) is 57.8 cm³/mol. The number of rotatable bonds is 2. The van der Waals surface area contributed by atoms with Gasteiger partial charge in [0.05, 0.1) is 12.2 Å². The van der Waals surface area contributed by atoms with E-state index in [1.807, 2.05) is 27.7 Å². The van der Waals surface area contributed by atoms with Gasteiger partial charge in [-0.2, -0.15) is 0 Å². The Labute approximate surface area is 91.3 Å². The molecule has 0 aromatic rings. The third-order valence-corrected chi connectivity index (χ3v) is 2.19. The van der Waals surface area contributed by atoms with Crippen LogP contribution in [0, 0.1) is 0 Å². The van der Waals surface area contributed by atoms with Crippen LogP contribution in [0.25, 0.3) is 0 Å². The standard InChI is InChI=1S/C11H21NO3/c1-8-5-6-9(14-8)7-12-10(13)15-11(2,3)4/h8-9H,5-7H2,1-4H3,(H,12,13)/t8-,9+/m0/s1. The van der Waals surface area contributed by atoms with E-state index in [2.05, 4.69) is 5.32 Å². The Hall–Kier alpha value is -0.770. The van der Waals surface area contributed by atoms with E-state index >= 15 is 0 Å². The number of alkyl carbamates (subject to hydrolysis) is 1. The average molecular weight is 215 g/mol. The topological polar surface area (TPSA) is 47.6 Å². The lowest BCUT2D eigenvalue weighted by atomic mass is 10.2. The molecule has 1 heterocycles. The number of amides is 1. The highest BCUT2D eigenvalue weighted by molar-refractivity contribution is 5.67. The van der Waals surface area contributed by atoms with Crippen LogP contribution in [-0.4, -0.2) is 30.4 Å². The predicted octanol–water partition coefficient (Wildman–Crippen LogP) is 2.08. The molecule has 0 aromatic heterocycles. The van der Waals surface area contributed by atoms with Gasteiger partial charge in [0.25, 0.3) is 0 Å². The molecule has 1 aliphatic heterocycles. The Morgan fingerprint density at radius 1 is 1.47 bits per heavy atom.